The number of nitrogens with one attached hydrogen (secondary N) is 1. The van der Waals surface area contributed by atoms with Crippen molar-refractivity contribution in [2.75, 3.05) is 0 Å². The third kappa shape index (κ3) is 3.36. The summed E-state index contributed by atoms with van der Waals surface area (Å²) < 4.78 is 55.2. The molecule has 0 unspecified atom stereocenters. The van der Waals surface area contributed by atoms with Crippen LogP contribution in [0.2, 0.25) is 5.02 Å². The van der Waals surface area contributed by atoms with Gasteiger partial charge in [0.1, 0.15) is 11.6 Å². The summed E-state index contributed by atoms with van der Waals surface area (Å²) >= 11 is 6.32. The van der Waals surface area contributed by atoms with Gasteiger partial charge in [-0.15, -0.1) is 0 Å². The summed E-state index contributed by atoms with van der Waals surface area (Å²) in [5.41, 5.74) is -4.09. The fourth-order valence-electron chi connectivity index (χ4n) is 4.50. The van der Waals surface area contributed by atoms with Crippen LogP contribution < -0.4 is 5.32 Å². The van der Waals surface area contributed by atoms with Gasteiger partial charge >= 0.3 is 6.18 Å². The van der Waals surface area contributed by atoms with Crippen molar-refractivity contribution in [3.8, 4) is 11.1 Å². The van der Waals surface area contributed by atoms with Gasteiger partial charge in [0.2, 0.25) is 0 Å². The fourth-order valence-corrected chi connectivity index (χ4v) is 4.70. The molecule has 2 aliphatic rings. The molecule has 2 aromatic carbocycles. The van der Waals surface area contributed by atoms with Gasteiger partial charge in [0.25, 0.3) is 5.91 Å². The van der Waals surface area contributed by atoms with Gasteiger partial charge in [-0.25, -0.2) is 4.39 Å². The largest absolute Gasteiger partial charge is 0.509 e. The zero-order chi connectivity index (χ0) is 23.5. The van der Waals surface area contributed by atoms with Crippen molar-refractivity contribution in [3.63, 3.8) is 0 Å². The van der Waals surface area contributed by atoms with Gasteiger partial charge in [0.05, 0.1) is 11.1 Å². The second-order valence-electron chi connectivity index (χ2n) is 8.38. The monoisotopic (exact) mass is 469 g/mol. The molecule has 1 aliphatic carbocycles. The minimum Gasteiger partial charge on any atom is -0.509 e. The van der Waals surface area contributed by atoms with Crippen molar-refractivity contribution < 1.29 is 32.6 Å². The van der Waals surface area contributed by atoms with Crippen LogP contribution in [0.25, 0.3) is 16.7 Å². The molecule has 170 valence electrons. The van der Waals surface area contributed by atoms with Gasteiger partial charge in [-0.2, -0.15) is 13.2 Å². The molecular formula is C23H20ClF4NO3. The van der Waals surface area contributed by atoms with E-state index in [-0.39, 0.29) is 40.1 Å². The maximum Gasteiger partial charge on any atom is 0.417 e. The Balaban J connectivity index is 1.82. The average molecular weight is 470 g/mol. The van der Waals surface area contributed by atoms with Crippen molar-refractivity contribution in [1.29, 1.82) is 0 Å². The minimum absolute atomic E-state index is 0.125. The van der Waals surface area contributed by atoms with E-state index in [9.17, 15) is 28.2 Å². The summed E-state index contributed by atoms with van der Waals surface area (Å²) in [4.78, 5) is 12.9. The molecule has 3 N–H and O–H groups in total. The Morgan fingerprint density at radius 3 is 2.25 bits per heavy atom. The van der Waals surface area contributed by atoms with Gasteiger partial charge in [-0.3, -0.25) is 4.79 Å². The number of amides is 1. The molecule has 1 fully saturated rings. The van der Waals surface area contributed by atoms with E-state index >= 15 is 4.39 Å². The normalized spacial score (nSPS) is 26.0. The second-order valence-corrected chi connectivity index (χ2v) is 8.78. The summed E-state index contributed by atoms with van der Waals surface area (Å²) in [5, 5.41) is 23.7. The molecule has 0 atom stereocenters. The van der Waals surface area contributed by atoms with Crippen LogP contribution in [-0.2, 0) is 4.79 Å². The molecule has 0 bridgehead atoms. The third-order valence-electron chi connectivity index (χ3n) is 6.52. The summed E-state index contributed by atoms with van der Waals surface area (Å²) in [5.74, 6) is -2.10. The predicted molar refractivity (Wildman–Crippen MR) is 111 cm³/mol. The van der Waals surface area contributed by atoms with Gasteiger partial charge < -0.3 is 15.5 Å². The van der Waals surface area contributed by atoms with E-state index in [1.54, 1.807) is 30.3 Å². The Kier molecular flexibility index (Phi) is 5.29. The fraction of sp³-hybridized carbons (Fsp3) is 0.348. The molecule has 1 heterocycles. The summed E-state index contributed by atoms with van der Waals surface area (Å²) in [6.07, 6.45) is -6.95. The molecule has 1 saturated carbocycles. The number of aliphatic hydroxyl groups excluding tert-OH is 1. The van der Waals surface area contributed by atoms with Crippen molar-refractivity contribution in [3.05, 3.63) is 64.1 Å². The van der Waals surface area contributed by atoms with Crippen molar-refractivity contribution in [2.24, 2.45) is 0 Å². The highest BCUT2D eigenvalue weighted by Gasteiger charge is 2.60. The highest BCUT2D eigenvalue weighted by molar-refractivity contribution is 6.33. The number of carbonyl (C=O) groups is 1. The third-order valence-corrected chi connectivity index (χ3v) is 6.92. The number of rotatable bonds is 2. The lowest BCUT2D eigenvalue weighted by molar-refractivity contribution is -0.272. The molecule has 0 aromatic heterocycles. The molecule has 4 rings (SSSR count). The Hall–Kier alpha value is -2.58. The molecule has 9 heteroatoms. The quantitative estimate of drug-likeness (QED) is 0.512. The van der Waals surface area contributed by atoms with E-state index in [0.717, 1.165) is 0 Å². The van der Waals surface area contributed by atoms with Crippen LogP contribution in [0.3, 0.4) is 0 Å². The second kappa shape index (κ2) is 7.49. The number of aliphatic hydroxyl groups is 2. The topological polar surface area (TPSA) is 69.6 Å². The van der Waals surface area contributed by atoms with Crippen LogP contribution >= 0.6 is 11.6 Å². The summed E-state index contributed by atoms with van der Waals surface area (Å²) in [6.45, 7) is 1.50. The first kappa shape index (κ1) is 22.6. The highest BCUT2D eigenvalue weighted by atomic mass is 35.5. The van der Waals surface area contributed by atoms with Crippen LogP contribution in [0.15, 0.2) is 42.2 Å². The maximum absolute atomic E-state index is 15.7. The molecule has 1 amide bonds. The lowest BCUT2D eigenvalue weighted by Crippen LogP contribution is -2.56. The van der Waals surface area contributed by atoms with Gasteiger partial charge in [-0.1, -0.05) is 41.9 Å². The Labute approximate surface area is 186 Å². The maximum atomic E-state index is 15.7. The minimum atomic E-state index is -4.83. The number of alkyl halides is 3. The Morgan fingerprint density at radius 2 is 1.69 bits per heavy atom. The molecule has 32 heavy (non-hydrogen) atoms. The number of carbonyl (C=O) groups excluding carboxylic acids is 1. The summed E-state index contributed by atoms with van der Waals surface area (Å²) in [6, 6.07) is 9.93. The van der Waals surface area contributed by atoms with Gasteiger partial charge in [-0.05, 0) is 49.8 Å². The van der Waals surface area contributed by atoms with E-state index in [1.165, 1.54) is 13.0 Å². The van der Waals surface area contributed by atoms with E-state index in [0.29, 0.717) is 5.56 Å². The first-order valence-electron chi connectivity index (χ1n) is 10.00. The number of benzene rings is 2. The smallest absolute Gasteiger partial charge is 0.417 e. The van der Waals surface area contributed by atoms with Crippen LogP contribution in [0, 0.1) is 12.7 Å². The molecule has 2 aromatic rings. The van der Waals surface area contributed by atoms with Gasteiger partial charge in [0, 0.05) is 16.1 Å². The van der Waals surface area contributed by atoms with Crippen LogP contribution in [0.5, 0.6) is 0 Å². The standard InChI is InChI=1S/C23H20ClF4NO3/c1-12-15(24)11-14(13-5-3-2-4-6-13)18(25)16(12)17-19(30)21(29-20(17)31)7-9-22(32,10-8-21)23(26,27)28/h2-6,11,30,32H,7-10H2,1H3,(H,29,31). The molecule has 1 spiro atoms. The van der Waals surface area contributed by atoms with Crippen molar-refractivity contribution in [1.82, 2.24) is 5.32 Å². The van der Waals surface area contributed by atoms with Crippen LogP contribution in [0.1, 0.15) is 36.8 Å². The Morgan fingerprint density at radius 1 is 1.09 bits per heavy atom. The predicted octanol–water partition coefficient (Wildman–Crippen LogP) is 5.46. The van der Waals surface area contributed by atoms with Crippen LogP contribution in [-0.4, -0.2) is 33.4 Å². The van der Waals surface area contributed by atoms with Gasteiger partial charge in [0.15, 0.2) is 5.60 Å². The first-order chi connectivity index (χ1) is 14.9. The van der Waals surface area contributed by atoms with E-state index in [1.807, 2.05) is 0 Å². The molecular weight excluding hydrogens is 450 g/mol. The van der Waals surface area contributed by atoms with E-state index in [2.05, 4.69) is 5.32 Å². The molecule has 4 nitrogen and oxygen atoms in total. The Bertz CT molecular complexity index is 1120. The zero-order valence-corrected chi connectivity index (χ0v) is 17.7. The molecule has 0 radical (unpaired) electrons. The highest BCUT2D eigenvalue weighted by Crippen LogP contribution is 2.50. The lowest BCUT2D eigenvalue weighted by atomic mass is 9.73. The van der Waals surface area contributed by atoms with Crippen molar-refractivity contribution in [2.45, 2.75) is 49.9 Å². The summed E-state index contributed by atoms with van der Waals surface area (Å²) in [7, 11) is 0. The van der Waals surface area contributed by atoms with E-state index < -0.39 is 47.6 Å². The zero-order valence-electron chi connectivity index (χ0n) is 17.0. The molecule has 0 saturated heterocycles. The number of halogens is 5. The SMILES string of the molecule is Cc1c(Cl)cc(-c2ccccc2)c(F)c1C1=C(O)C2(CCC(O)(C(F)(F)F)CC2)NC1=O. The number of hydrogen-bond donors (Lipinski definition) is 3. The molecule has 1 aliphatic heterocycles. The average Bonchev–Trinajstić information content (AvgIpc) is 2.97. The number of hydrogen-bond acceptors (Lipinski definition) is 3. The lowest BCUT2D eigenvalue weighted by Gasteiger charge is -2.42. The van der Waals surface area contributed by atoms with Crippen LogP contribution in [0.4, 0.5) is 17.6 Å². The first-order valence-corrected chi connectivity index (χ1v) is 10.4. The van der Waals surface area contributed by atoms with E-state index in [4.69, 9.17) is 11.6 Å². The van der Waals surface area contributed by atoms with Crippen molar-refractivity contribution >= 4 is 23.1 Å².